The molecule has 0 amide bonds. The topological polar surface area (TPSA) is 82.0 Å². The van der Waals surface area contributed by atoms with Crippen LogP contribution in [0.4, 0.5) is 5.82 Å². The van der Waals surface area contributed by atoms with Crippen molar-refractivity contribution in [1.82, 2.24) is 15.6 Å². The molecule has 0 bridgehead atoms. The first-order chi connectivity index (χ1) is 12.8. The third kappa shape index (κ3) is 6.76. The van der Waals surface area contributed by atoms with E-state index in [1.54, 1.807) is 0 Å². The molecular weight excluding hydrogens is 457 g/mol. The summed E-state index contributed by atoms with van der Waals surface area (Å²) in [6, 6.07) is 4.45. The monoisotopic (exact) mass is 489 g/mol. The highest BCUT2D eigenvalue weighted by molar-refractivity contribution is 14.0. The highest BCUT2D eigenvalue weighted by Gasteiger charge is 2.20. The van der Waals surface area contributed by atoms with Crippen LogP contribution in [0, 0.1) is 0 Å². The van der Waals surface area contributed by atoms with Gasteiger partial charge in [0.05, 0.1) is 25.9 Å². The summed E-state index contributed by atoms with van der Waals surface area (Å²) in [7, 11) is 0. The lowest BCUT2D eigenvalue weighted by atomic mass is 9.93. The Bertz CT molecular complexity index is 587. The van der Waals surface area contributed by atoms with E-state index in [1.807, 2.05) is 12.3 Å². The number of pyridine rings is 1. The number of ether oxygens (including phenoxy) is 1. The predicted octanol–water partition coefficient (Wildman–Crippen LogP) is 1.89. The summed E-state index contributed by atoms with van der Waals surface area (Å²) in [5, 5.41) is 16.5. The second-order valence-corrected chi connectivity index (χ2v) is 6.93. The first-order valence-corrected chi connectivity index (χ1v) is 9.75. The van der Waals surface area contributed by atoms with Crippen LogP contribution < -0.4 is 15.5 Å². The average Bonchev–Trinajstić information content (AvgIpc) is 2.69. The quantitative estimate of drug-likeness (QED) is 0.333. The second-order valence-electron chi connectivity index (χ2n) is 6.93. The van der Waals surface area contributed by atoms with Gasteiger partial charge in [-0.1, -0.05) is 6.07 Å². The molecule has 8 heteroatoms. The minimum Gasteiger partial charge on any atom is -0.393 e. The zero-order chi connectivity index (χ0) is 18.2. The standard InChI is InChI=1S/C19H31N5O2.HI/c1-2-20-19(23-16-5-7-17(25)8-6-16)22-14-15-4-3-9-21-18(15)24-10-12-26-13-11-24;/h3-4,9,16-17,25H,2,5-8,10-14H2,1H3,(H2,20,22,23);1H. The largest absolute Gasteiger partial charge is 0.393 e. The van der Waals surface area contributed by atoms with E-state index < -0.39 is 0 Å². The molecule has 0 atom stereocenters. The van der Waals surface area contributed by atoms with Crippen LogP contribution in [0.2, 0.25) is 0 Å². The molecule has 152 valence electrons. The SMILES string of the molecule is CCNC(=NCc1cccnc1N1CCOCC1)NC1CCC(O)CC1.I. The molecule has 1 aromatic rings. The Labute approximate surface area is 179 Å². The lowest BCUT2D eigenvalue weighted by Gasteiger charge is -2.29. The molecule has 1 aliphatic heterocycles. The van der Waals surface area contributed by atoms with Crippen LogP contribution in [0.15, 0.2) is 23.3 Å². The smallest absolute Gasteiger partial charge is 0.191 e. The predicted molar refractivity (Wildman–Crippen MR) is 119 cm³/mol. The van der Waals surface area contributed by atoms with Crippen LogP contribution in [0.3, 0.4) is 0 Å². The van der Waals surface area contributed by atoms with Crippen molar-refractivity contribution in [2.75, 3.05) is 37.7 Å². The minimum absolute atomic E-state index is 0. The van der Waals surface area contributed by atoms with Crippen molar-refractivity contribution in [3.05, 3.63) is 23.9 Å². The number of aliphatic hydroxyl groups is 1. The lowest BCUT2D eigenvalue weighted by molar-refractivity contribution is 0.120. The first kappa shape index (κ1) is 22.2. The van der Waals surface area contributed by atoms with E-state index in [9.17, 15) is 5.11 Å². The van der Waals surface area contributed by atoms with Gasteiger partial charge in [-0.3, -0.25) is 0 Å². The third-order valence-corrected chi connectivity index (χ3v) is 4.97. The summed E-state index contributed by atoms with van der Waals surface area (Å²) in [5.41, 5.74) is 1.13. The fourth-order valence-corrected chi connectivity index (χ4v) is 3.51. The summed E-state index contributed by atoms with van der Waals surface area (Å²) >= 11 is 0. The molecule has 27 heavy (non-hydrogen) atoms. The van der Waals surface area contributed by atoms with Gasteiger partial charge < -0.3 is 25.4 Å². The van der Waals surface area contributed by atoms with Crippen LogP contribution in [0.5, 0.6) is 0 Å². The van der Waals surface area contributed by atoms with Gasteiger partial charge in [0.1, 0.15) is 5.82 Å². The number of guanidine groups is 1. The number of hydrogen-bond acceptors (Lipinski definition) is 5. The Morgan fingerprint density at radius 3 is 2.74 bits per heavy atom. The molecule has 3 N–H and O–H groups in total. The van der Waals surface area contributed by atoms with E-state index in [0.29, 0.717) is 12.6 Å². The molecule has 1 aliphatic carbocycles. The van der Waals surface area contributed by atoms with Crippen molar-refractivity contribution in [2.24, 2.45) is 4.99 Å². The van der Waals surface area contributed by atoms with E-state index >= 15 is 0 Å². The number of nitrogens with zero attached hydrogens (tertiary/aromatic N) is 3. The van der Waals surface area contributed by atoms with Gasteiger partial charge in [0.15, 0.2) is 5.96 Å². The number of rotatable bonds is 5. The van der Waals surface area contributed by atoms with Crippen LogP contribution >= 0.6 is 24.0 Å². The molecule has 0 aromatic carbocycles. The van der Waals surface area contributed by atoms with Crippen LogP contribution in [0.25, 0.3) is 0 Å². The highest BCUT2D eigenvalue weighted by atomic mass is 127. The molecule has 3 rings (SSSR count). The zero-order valence-corrected chi connectivity index (χ0v) is 18.4. The van der Waals surface area contributed by atoms with Gasteiger partial charge in [0.2, 0.25) is 0 Å². The third-order valence-electron chi connectivity index (χ3n) is 4.97. The number of halogens is 1. The maximum Gasteiger partial charge on any atom is 0.191 e. The Balaban J connectivity index is 0.00000261. The summed E-state index contributed by atoms with van der Waals surface area (Å²) in [5.74, 6) is 1.85. The zero-order valence-electron chi connectivity index (χ0n) is 16.1. The fraction of sp³-hybridized carbons (Fsp3) is 0.684. The molecule has 0 unspecified atom stereocenters. The Morgan fingerprint density at radius 2 is 2.04 bits per heavy atom. The Kier molecular flexibility index (Phi) is 9.57. The van der Waals surface area contributed by atoms with Gasteiger partial charge in [0, 0.05) is 37.4 Å². The molecule has 1 saturated heterocycles. The van der Waals surface area contributed by atoms with Crippen LogP contribution in [-0.2, 0) is 11.3 Å². The van der Waals surface area contributed by atoms with Gasteiger partial charge in [0.25, 0.3) is 0 Å². The number of hydrogen-bond donors (Lipinski definition) is 3. The summed E-state index contributed by atoms with van der Waals surface area (Å²) < 4.78 is 5.45. The molecule has 1 aromatic heterocycles. The molecular formula is C19H32IN5O2. The molecule has 2 aliphatic rings. The number of aliphatic hydroxyl groups excluding tert-OH is 1. The highest BCUT2D eigenvalue weighted by Crippen LogP contribution is 2.20. The average molecular weight is 489 g/mol. The first-order valence-electron chi connectivity index (χ1n) is 9.75. The molecule has 2 heterocycles. The van der Waals surface area contributed by atoms with Crippen molar-refractivity contribution in [3.63, 3.8) is 0 Å². The maximum absolute atomic E-state index is 9.68. The number of anilines is 1. The van der Waals surface area contributed by atoms with E-state index in [-0.39, 0.29) is 30.1 Å². The van der Waals surface area contributed by atoms with E-state index in [2.05, 4.69) is 33.5 Å². The van der Waals surface area contributed by atoms with Gasteiger partial charge >= 0.3 is 0 Å². The van der Waals surface area contributed by atoms with Crippen molar-refractivity contribution in [1.29, 1.82) is 0 Å². The van der Waals surface area contributed by atoms with Crippen molar-refractivity contribution in [2.45, 2.75) is 51.3 Å². The minimum atomic E-state index is -0.140. The molecule has 2 fully saturated rings. The number of nitrogens with one attached hydrogen (secondary N) is 2. The van der Waals surface area contributed by atoms with Crippen LogP contribution in [-0.4, -0.2) is 61.0 Å². The second kappa shape index (κ2) is 11.7. The number of morpholine rings is 1. The lowest BCUT2D eigenvalue weighted by Crippen LogP contribution is -2.45. The van der Waals surface area contributed by atoms with Gasteiger partial charge in [-0.05, 0) is 38.7 Å². The Morgan fingerprint density at radius 1 is 1.30 bits per heavy atom. The van der Waals surface area contributed by atoms with Gasteiger partial charge in [-0.2, -0.15) is 0 Å². The summed E-state index contributed by atoms with van der Waals surface area (Å²) in [6.07, 6.45) is 5.39. The maximum atomic E-state index is 9.68. The Hall–Kier alpha value is -1.13. The van der Waals surface area contributed by atoms with Crippen LogP contribution in [0.1, 0.15) is 38.2 Å². The van der Waals surface area contributed by atoms with E-state index in [0.717, 1.165) is 75.9 Å². The molecule has 1 saturated carbocycles. The number of aromatic nitrogens is 1. The molecule has 0 spiro atoms. The summed E-state index contributed by atoms with van der Waals surface area (Å²) in [6.45, 7) is 6.72. The normalized spacial score (nSPS) is 23.5. The molecule has 7 nitrogen and oxygen atoms in total. The van der Waals surface area contributed by atoms with Gasteiger partial charge in [-0.15, -0.1) is 24.0 Å². The van der Waals surface area contributed by atoms with Crippen molar-refractivity contribution < 1.29 is 9.84 Å². The molecule has 0 radical (unpaired) electrons. The fourth-order valence-electron chi connectivity index (χ4n) is 3.51. The van der Waals surface area contributed by atoms with Crippen molar-refractivity contribution in [3.8, 4) is 0 Å². The van der Waals surface area contributed by atoms with Crippen molar-refractivity contribution >= 4 is 35.8 Å². The van der Waals surface area contributed by atoms with E-state index in [1.165, 1.54) is 0 Å². The summed E-state index contributed by atoms with van der Waals surface area (Å²) in [4.78, 5) is 11.6. The number of aliphatic imine (C=N–C) groups is 1. The van der Waals surface area contributed by atoms with E-state index in [4.69, 9.17) is 9.73 Å². The van der Waals surface area contributed by atoms with Gasteiger partial charge in [-0.25, -0.2) is 9.98 Å².